The van der Waals surface area contributed by atoms with E-state index in [0.29, 0.717) is 6.61 Å². The van der Waals surface area contributed by atoms with Crippen LogP contribution in [0.2, 0.25) is 0 Å². The Morgan fingerprint density at radius 1 is 1.20 bits per heavy atom. The molecule has 92 valence electrons. The lowest BCUT2D eigenvalue weighted by Gasteiger charge is -2.24. The van der Waals surface area contributed by atoms with Gasteiger partial charge in [0.15, 0.2) is 0 Å². The van der Waals surface area contributed by atoms with Crippen LogP contribution in [0.3, 0.4) is 0 Å². The summed E-state index contributed by atoms with van der Waals surface area (Å²) in [5, 5.41) is 0. The summed E-state index contributed by atoms with van der Waals surface area (Å²) in [4.78, 5) is 0. The Bertz CT molecular complexity index is 152. The molecule has 1 unspecified atom stereocenters. The van der Waals surface area contributed by atoms with Crippen LogP contribution in [0, 0.1) is 5.92 Å². The minimum atomic E-state index is -0.0762. The van der Waals surface area contributed by atoms with Gasteiger partial charge in [-0.15, -0.1) is 0 Å². The monoisotopic (exact) mass is 216 g/mol. The van der Waals surface area contributed by atoms with E-state index in [2.05, 4.69) is 40.0 Å². The standard InChI is InChI=1S/C12H28N2O/c1-10(2)7-6-8-11(14-13)9-15-12(3,4)5/h10-11,14H,6-9,13H2,1-5H3. The second kappa shape index (κ2) is 7.20. The van der Waals surface area contributed by atoms with E-state index in [-0.39, 0.29) is 11.6 Å². The van der Waals surface area contributed by atoms with Crippen LogP contribution in [0.5, 0.6) is 0 Å². The lowest BCUT2D eigenvalue weighted by molar-refractivity contribution is -0.0157. The van der Waals surface area contributed by atoms with Crippen LogP contribution in [0.15, 0.2) is 0 Å². The predicted octanol–water partition coefficient (Wildman–Crippen LogP) is 2.46. The first-order valence-corrected chi connectivity index (χ1v) is 5.95. The summed E-state index contributed by atoms with van der Waals surface area (Å²) in [6.07, 6.45) is 3.55. The first-order valence-electron chi connectivity index (χ1n) is 5.95. The molecule has 0 aromatic rings. The molecule has 0 aliphatic rings. The first-order chi connectivity index (χ1) is 6.85. The van der Waals surface area contributed by atoms with E-state index >= 15 is 0 Å². The minimum Gasteiger partial charge on any atom is -0.374 e. The number of nitrogens with two attached hydrogens (primary N) is 1. The van der Waals surface area contributed by atoms with Crippen molar-refractivity contribution in [3.8, 4) is 0 Å². The molecule has 0 amide bonds. The fourth-order valence-corrected chi connectivity index (χ4v) is 1.34. The van der Waals surface area contributed by atoms with E-state index in [4.69, 9.17) is 10.6 Å². The molecule has 0 aromatic carbocycles. The minimum absolute atomic E-state index is 0.0762. The van der Waals surface area contributed by atoms with E-state index in [1.165, 1.54) is 12.8 Å². The Morgan fingerprint density at radius 2 is 1.80 bits per heavy atom. The van der Waals surface area contributed by atoms with Gasteiger partial charge in [0.25, 0.3) is 0 Å². The number of ether oxygens (including phenoxy) is 1. The fourth-order valence-electron chi connectivity index (χ4n) is 1.34. The van der Waals surface area contributed by atoms with Crippen LogP contribution in [0.1, 0.15) is 53.9 Å². The summed E-state index contributed by atoms with van der Waals surface area (Å²) in [6, 6.07) is 0.281. The molecule has 1 atom stereocenters. The quantitative estimate of drug-likeness (QED) is 0.507. The van der Waals surface area contributed by atoms with Gasteiger partial charge in [0, 0.05) is 6.04 Å². The van der Waals surface area contributed by atoms with Crippen molar-refractivity contribution in [3.63, 3.8) is 0 Å². The molecular weight excluding hydrogens is 188 g/mol. The molecular formula is C12H28N2O. The zero-order valence-electron chi connectivity index (χ0n) is 11.0. The Kier molecular flexibility index (Phi) is 7.14. The number of hydrogen-bond donors (Lipinski definition) is 2. The zero-order valence-corrected chi connectivity index (χ0v) is 11.0. The van der Waals surface area contributed by atoms with Crippen LogP contribution in [0.25, 0.3) is 0 Å². The van der Waals surface area contributed by atoms with Crippen molar-refractivity contribution in [1.29, 1.82) is 0 Å². The van der Waals surface area contributed by atoms with Gasteiger partial charge >= 0.3 is 0 Å². The Balaban J connectivity index is 3.64. The first kappa shape index (κ1) is 14.9. The average Bonchev–Trinajstić information content (AvgIpc) is 2.08. The summed E-state index contributed by atoms with van der Waals surface area (Å²) >= 11 is 0. The number of hydrazine groups is 1. The Hall–Kier alpha value is -0.120. The third-order valence-electron chi connectivity index (χ3n) is 2.29. The van der Waals surface area contributed by atoms with Crippen molar-refractivity contribution in [2.75, 3.05) is 6.61 Å². The molecule has 0 aromatic heterocycles. The Labute approximate surface area is 94.7 Å². The average molecular weight is 216 g/mol. The lowest BCUT2D eigenvalue weighted by atomic mass is 10.0. The zero-order chi connectivity index (χ0) is 11.9. The summed E-state index contributed by atoms with van der Waals surface area (Å²) in [6.45, 7) is 11.4. The third-order valence-corrected chi connectivity index (χ3v) is 2.29. The summed E-state index contributed by atoms with van der Waals surface area (Å²) in [5.41, 5.74) is 2.75. The highest BCUT2D eigenvalue weighted by molar-refractivity contribution is 4.67. The molecule has 3 heteroatoms. The molecule has 0 aliphatic carbocycles. The molecule has 3 nitrogen and oxygen atoms in total. The maximum absolute atomic E-state index is 5.70. The third kappa shape index (κ3) is 10.2. The van der Waals surface area contributed by atoms with E-state index in [1.54, 1.807) is 0 Å². The highest BCUT2D eigenvalue weighted by atomic mass is 16.5. The van der Waals surface area contributed by atoms with Gasteiger partial charge in [-0.05, 0) is 33.1 Å². The highest BCUT2D eigenvalue weighted by Gasteiger charge is 2.14. The number of hydrogen-bond acceptors (Lipinski definition) is 3. The predicted molar refractivity (Wildman–Crippen MR) is 65.5 cm³/mol. The Morgan fingerprint density at radius 3 is 2.20 bits per heavy atom. The molecule has 0 fully saturated rings. The smallest absolute Gasteiger partial charge is 0.0640 e. The van der Waals surface area contributed by atoms with Gasteiger partial charge in [0.2, 0.25) is 0 Å². The van der Waals surface area contributed by atoms with E-state index in [0.717, 1.165) is 12.3 Å². The van der Waals surface area contributed by atoms with Crippen molar-refractivity contribution in [2.45, 2.75) is 65.5 Å². The highest BCUT2D eigenvalue weighted by Crippen LogP contribution is 2.11. The van der Waals surface area contributed by atoms with Crippen LogP contribution in [0.4, 0.5) is 0 Å². The second-order valence-corrected chi connectivity index (χ2v) is 5.61. The van der Waals surface area contributed by atoms with Crippen molar-refractivity contribution in [2.24, 2.45) is 11.8 Å². The van der Waals surface area contributed by atoms with Gasteiger partial charge in [-0.2, -0.15) is 0 Å². The van der Waals surface area contributed by atoms with Gasteiger partial charge in [-0.3, -0.25) is 11.3 Å². The van der Waals surface area contributed by atoms with Gasteiger partial charge in [-0.1, -0.05) is 26.7 Å². The molecule has 3 N–H and O–H groups in total. The maximum atomic E-state index is 5.70. The maximum Gasteiger partial charge on any atom is 0.0640 e. The molecule has 0 saturated heterocycles. The largest absolute Gasteiger partial charge is 0.374 e. The van der Waals surface area contributed by atoms with Crippen LogP contribution in [-0.2, 0) is 4.74 Å². The fraction of sp³-hybridized carbons (Fsp3) is 1.00. The van der Waals surface area contributed by atoms with E-state index in [9.17, 15) is 0 Å². The van der Waals surface area contributed by atoms with Crippen LogP contribution >= 0.6 is 0 Å². The van der Waals surface area contributed by atoms with Gasteiger partial charge in [0.1, 0.15) is 0 Å². The molecule has 0 saturated carbocycles. The SMILES string of the molecule is CC(C)CCCC(COC(C)(C)C)NN. The van der Waals surface area contributed by atoms with Gasteiger partial charge in [0.05, 0.1) is 12.2 Å². The number of nitrogens with one attached hydrogen (secondary N) is 1. The molecule has 0 rings (SSSR count). The lowest BCUT2D eigenvalue weighted by Crippen LogP contribution is -2.40. The van der Waals surface area contributed by atoms with Crippen molar-refractivity contribution >= 4 is 0 Å². The normalized spacial score (nSPS) is 14.6. The van der Waals surface area contributed by atoms with E-state index < -0.39 is 0 Å². The summed E-state index contributed by atoms with van der Waals surface area (Å²) in [7, 11) is 0. The van der Waals surface area contributed by atoms with Crippen molar-refractivity contribution in [1.82, 2.24) is 5.43 Å². The molecule has 15 heavy (non-hydrogen) atoms. The molecule has 0 bridgehead atoms. The number of rotatable bonds is 7. The molecule has 0 heterocycles. The van der Waals surface area contributed by atoms with Crippen molar-refractivity contribution in [3.05, 3.63) is 0 Å². The second-order valence-electron chi connectivity index (χ2n) is 5.61. The summed E-state index contributed by atoms with van der Waals surface area (Å²) in [5.74, 6) is 6.26. The topological polar surface area (TPSA) is 47.3 Å². The summed E-state index contributed by atoms with van der Waals surface area (Å²) < 4.78 is 5.70. The van der Waals surface area contributed by atoms with Gasteiger partial charge < -0.3 is 4.74 Å². The molecule has 0 spiro atoms. The van der Waals surface area contributed by atoms with Crippen molar-refractivity contribution < 1.29 is 4.74 Å². The van der Waals surface area contributed by atoms with Gasteiger partial charge in [-0.25, -0.2) is 0 Å². The molecule has 0 radical (unpaired) electrons. The van der Waals surface area contributed by atoms with Crippen LogP contribution in [-0.4, -0.2) is 18.2 Å². The van der Waals surface area contributed by atoms with E-state index in [1.807, 2.05) is 0 Å². The van der Waals surface area contributed by atoms with Crippen LogP contribution < -0.4 is 11.3 Å². The molecule has 0 aliphatic heterocycles.